The lowest BCUT2D eigenvalue weighted by Gasteiger charge is -2.49. The van der Waals surface area contributed by atoms with Crippen molar-refractivity contribution in [3.8, 4) is 5.88 Å². The van der Waals surface area contributed by atoms with E-state index in [1.807, 2.05) is 0 Å². The first-order valence-electron chi connectivity index (χ1n) is 11.0. The van der Waals surface area contributed by atoms with Crippen LogP contribution in [0.2, 0.25) is 0 Å². The van der Waals surface area contributed by atoms with Crippen LogP contribution < -0.4 is 16.2 Å². The summed E-state index contributed by atoms with van der Waals surface area (Å²) in [5.74, 6) is -4.03. The first kappa shape index (κ1) is 29.3. The number of aliphatic carboxylic acids is 1. The first-order chi connectivity index (χ1) is 19.0. The third kappa shape index (κ3) is 5.91. The molecule has 212 valence electrons. The number of thiazole rings is 1. The number of hydrogen-bond acceptors (Lipinski definition) is 14. The molecular formula is C20H19ClN8O8S3. The number of β-lactam (4-membered cyclic amide) rings is 1. The number of carbonyl (C=O) groups is 4. The summed E-state index contributed by atoms with van der Waals surface area (Å²) in [5, 5.41) is 32.7. The Morgan fingerprint density at radius 2 is 2.08 bits per heavy atom. The van der Waals surface area contributed by atoms with Crippen LogP contribution in [0.3, 0.4) is 0 Å². The van der Waals surface area contributed by atoms with Crippen molar-refractivity contribution in [3.63, 3.8) is 0 Å². The Balaban J connectivity index is 1.48. The molecule has 20 heteroatoms. The van der Waals surface area contributed by atoms with Gasteiger partial charge in [0, 0.05) is 23.9 Å². The van der Waals surface area contributed by atoms with Crippen LogP contribution in [0, 0.1) is 0 Å². The van der Waals surface area contributed by atoms with Gasteiger partial charge in [-0.1, -0.05) is 16.9 Å². The number of fused-ring (bicyclic) bond motifs is 1. The number of rotatable bonds is 10. The molecule has 0 spiro atoms. The maximum absolute atomic E-state index is 13.0. The van der Waals surface area contributed by atoms with E-state index in [0.29, 0.717) is 5.57 Å². The van der Waals surface area contributed by atoms with Crippen LogP contribution in [-0.2, 0) is 31.1 Å². The molecule has 3 amide bonds. The summed E-state index contributed by atoms with van der Waals surface area (Å²) in [4.78, 5) is 75.0. The number of carbonyl (C=O) groups excluding carboxylic acids is 3. The van der Waals surface area contributed by atoms with Crippen molar-refractivity contribution in [2.45, 2.75) is 16.6 Å². The predicted octanol–water partition coefficient (Wildman–Crippen LogP) is -0.604. The highest BCUT2D eigenvalue weighted by Crippen LogP contribution is 2.41. The maximum atomic E-state index is 13.0. The lowest BCUT2D eigenvalue weighted by Crippen LogP contribution is -2.71. The highest BCUT2D eigenvalue weighted by molar-refractivity contribution is 8.01. The number of carboxylic acids is 1. The Labute approximate surface area is 241 Å². The van der Waals surface area contributed by atoms with E-state index in [4.69, 9.17) is 16.4 Å². The Morgan fingerprint density at radius 3 is 2.75 bits per heavy atom. The van der Waals surface area contributed by atoms with Gasteiger partial charge in [-0.05, 0) is 5.57 Å². The van der Waals surface area contributed by atoms with Crippen molar-refractivity contribution in [1.29, 1.82) is 0 Å². The minimum absolute atomic E-state index is 0.0753. The zero-order valence-corrected chi connectivity index (χ0v) is 23.7. The number of thioether (sulfide) groups is 2. The van der Waals surface area contributed by atoms with Crippen LogP contribution >= 0.6 is 46.5 Å². The van der Waals surface area contributed by atoms with Crippen LogP contribution in [0.4, 0.5) is 5.13 Å². The van der Waals surface area contributed by atoms with Gasteiger partial charge in [-0.25, -0.2) is 14.5 Å². The van der Waals surface area contributed by atoms with Crippen molar-refractivity contribution < 1.29 is 34.2 Å². The summed E-state index contributed by atoms with van der Waals surface area (Å²) >= 11 is 8.76. The standard InChI is InChI=1S/C20H19ClN8O8S3/c1-28-20(25-14(32)15(33)26-28)40-5-7-4-38-17-11(16(34)29(17)12(7)18(35)36)24-13(31)10(27-37-2)8-6-39-19(22-8)23-9(30)3-21/h6,11,17H,3-5H2,1-2H3,(H,24,31)(H,26,33)(H,35,36)(H,22,23,30)/b27-10-/t11-,17-/m1/s1. The molecule has 1 saturated heterocycles. The fraction of sp³-hybridized carbons (Fsp3) is 0.350. The number of carboxylic acid groups (broad SMARTS) is 1. The number of amides is 3. The summed E-state index contributed by atoms with van der Waals surface area (Å²) in [7, 11) is 2.68. The van der Waals surface area contributed by atoms with Crippen molar-refractivity contribution in [2.24, 2.45) is 12.2 Å². The SMILES string of the molecule is CO/N=C(\C(=O)N[C@@H]1C(=O)N2C(C(=O)O)=C(CSc3nc(=O)c(O)nn3C)CS[C@H]12)c1csc(NC(=O)CCl)n1. The van der Waals surface area contributed by atoms with E-state index in [-0.39, 0.29) is 44.8 Å². The molecule has 2 aromatic heterocycles. The highest BCUT2D eigenvalue weighted by Gasteiger charge is 2.54. The minimum atomic E-state index is -1.33. The average molecular weight is 631 g/mol. The molecule has 0 saturated carbocycles. The molecule has 2 aliphatic rings. The van der Waals surface area contributed by atoms with Gasteiger partial charge in [-0.15, -0.1) is 39.8 Å². The van der Waals surface area contributed by atoms with E-state index in [0.717, 1.165) is 28.0 Å². The lowest BCUT2D eigenvalue weighted by atomic mass is 10.0. The second kappa shape index (κ2) is 12.2. The molecule has 4 rings (SSSR count). The number of nitrogens with one attached hydrogen (secondary N) is 2. The average Bonchev–Trinajstić information content (AvgIpc) is 3.38. The molecule has 0 aliphatic carbocycles. The van der Waals surface area contributed by atoms with E-state index < -0.39 is 46.5 Å². The Morgan fingerprint density at radius 1 is 1.32 bits per heavy atom. The first-order valence-corrected chi connectivity index (χ1v) is 14.4. The fourth-order valence-corrected chi connectivity index (χ4v) is 6.78. The van der Waals surface area contributed by atoms with Crippen LogP contribution in [0.1, 0.15) is 5.69 Å². The predicted molar refractivity (Wildman–Crippen MR) is 144 cm³/mol. The number of nitrogens with zero attached hydrogens (tertiary/aromatic N) is 6. The fourth-order valence-electron chi connectivity index (χ4n) is 3.61. The quantitative estimate of drug-likeness (QED) is 0.0848. The zero-order valence-electron chi connectivity index (χ0n) is 20.5. The zero-order chi connectivity index (χ0) is 29.1. The Bertz CT molecular complexity index is 1510. The number of anilines is 1. The van der Waals surface area contributed by atoms with Gasteiger partial charge in [0.25, 0.3) is 17.7 Å². The molecule has 4 N–H and O–H groups in total. The normalized spacial score (nSPS) is 18.6. The molecule has 1 fully saturated rings. The number of aromatic hydroxyl groups is 1. The molecule has 2 atom stereocenters. The third-order valence-corrected chi connectivity index (χ3v) is 8.78. The minimum Gasteiger partial charge on any atom is -0.488 e. The van der Waals surface area contributed by atoms with Crippen molar-refractivity contribution in [2.75, 3.05) is 29.8 Å². The van der Waals surface area contributed by atoms with Crippen molar-refractivity contribution in [1.82, 2.24) is 30.0 Å². The van der Waals surface area contributed by atoms with Crippen LogP contribution in [-0.4, -0.2) is 100 Å². The van der Waals surface area contributed by atoms with Gasteiger partial charge >= 0.3 is 11.5 Å². The molecule has 0 bridgehead atoms. The number of hydrogen-bond donors (Lipinski definition) is 4. The van der Waals surface area contributed by atoms with E-state index in [9.17, 15) is 34.2 Å². The van der Waals surface area contributed by atoms with E-state index in [2.05, 4.69) is 30.9 Å². The van der Waals surface area contributed by atoms with Gasteiger partial charge in [0.1, 0.15) is 35.8 Å². The molecule has 40 heavy (non-hydrogen) atoms. The molecule has 0 unspecified atom stereocenters. The molecule has 2 aliphatic heterocycles. The van der Waals surface area contributed by atoms with Crippen LogP contribution in [0.5, 0.6) is 5.88 Å². The lowest BCUT2D eigenvalue weighted by molar-refractivity contribution is -0.150. The summed E-state index contributed by atoms with van der Waals surface area (Å²) in [6.07, 6.45) is 0. The molecule has 0 radical (unpaired) electrons. The summed E-state index contributed by atoms with van der Waals surface area (Å²) in [5.41, 5.74) is -0.939. The van der Waals surface area contributed by atoms with Crippen molar-refractivity contribution >= 4 is 81.0 Å². The molecule has 0 aromatic carbocycles. The van der Waals surface area contributed by atoms with Crippen LogP contribution in [0.15, 0.2) is 31.8 Å². The summed E-state index contributed by atoms with van der Waals surface area (Å²) in [6, 6.07) is -1.05. The highest BCUT2D eigenvalue weighted by atomic mass is 35.5. The second-order valence-electron chi connectivity index (χ2n) is 7.90. The third-order valence-electron chi connectivity index (χ3n) is 5.33. The Kier molecular flexibility index (Phi) is 8.96. The largest absolute Gasteiger partial charge is 0.488 e. The van der Waals surface area contributed by atoms with E-state index in [1.165, 1.54) is 36.0 Å². The smallest absolute Gasteiger partial charge is 0.352 e. The van der Waals surface area contributed by atoms with E-state index in [1.54, 1.807) is 0 Å². The maximum Gasteiger partial charge on any atom is 0.352 e. The van der Waals surface area contributed by atoms with Crippen LogP contribution in [0.25, 0.3) is 0 Å². The van der Waals surface area contributed by atoms with Gasteiger partial charge < -0.3 is 25.7 Å². The molecular weight excluding hydrogens is 612 g/mol. The van der Waals surface area contributed by atoms with Crippen molar-refractivity contribution in [3.05, 3.63) is 32.7 Å². The summed E-state index contributed by atoms with van der Waals surface area (Å²) < 4.78 is 1.18. The number of oxime groups is 1. The van der Waals surface area contributed by atoms with E-state index >= 15 is 0 Å². The Hall–Kier alpha value is -3.68. The van der Waals surface area contributed by atoms with Gasteiger partial charge in [-0.2, -0.15) is 4.98 Å². The summed E-state index contributed by atoms with van der Waals surface area (Å²) in [6.45, 7) is 0. The molecule has 4 heterocycles. The van der Waals surface area contributed by atoms with Gasteiger partial charge in [0.15, 0.2) is 16.0 Å². The van der Waals surface area contributed by atoms with Gasteiger partial charge in [0.2, 0.25) is 5.91 Å². The number of halogens is 1. The number of aryl methyl sites for hydroxylation is 1. The molecule has 16 nitrogen and oxygen atoms in total. The number of alkyl halides is 1. The topological polar surface area (TPSA) is 218 Å². The second-order valence-corrected chi connectivity index (χ2v) is 11.1. The van der Waals surface area contributed by atoms with Gasteiger partial charge in [-0.3, -0.25) is 24.1 Å². The van der Waals surface area contributed by atoms with Gasteiger partial charge in [0.05, 0.1) is 0 Å². The number of aromatic nitrogens is 4. The molecule has 2 aromatic rings. The monoisotopic (exact) mass is 630 g/mol.